The Hall–Kier alpha value is 0.330. The van der Waals surface area contributed by atoms with Gasteiger partial charge in [-0.15, -0.1) is 8.58 Å². The summed E-state index contributed by atoms with van der Waals surface area (Å²) in [7, 11) is 0.436. The lowest BCUT2D eigenvalue weighted by Gasteiger charge is -2.17. The number of aromatic hydroxyl groups is 1. The van der Waals surface area contributed by atoms with Crippen LogP contribution in [0.2, 0.25) is 0 Å². The van der Waals surface area contributed by atoms with E-state index in [1.807, 2.05) is 64.0 Å². The molecule has 0 heterocycles. The van der Waals surface area contributed by atoms with E-state index in [4.69, 9.17) is 4.74 Å². The van der Waals surface area contributed by atoms with Gasteiger partial charge in [0, 0.05) is 12.6 Å². The highest BCUT2D eigenvalue weighted by atomic mass is 127. The molecule has 0 saturated carbocycles. The molecule has 2 atom stereocenters. The summed E-state index contributed by atoms with van der Waals surface area (Å²) in [6.07, 6.45) is 0.519. The van der Waals surface area contributed by atoms with Gasteiger partial charge in [-0.05, 0) is 127 Å². The Morgan fingerprint density at radius 1 is 1.07 bits per heavy atom. The summed E-state index contributed by atoms with van der Waals surface area (Å²) in [5.74, 6) is 0.186. The smallest absolute Gasteiger partial charge is 0.326 e. The maximum atomic E-state index is 11.8. The van der Waals surface area contributed by atoms with Crippen LogP contribution in [0, 0.1) is 14.3 Å². The van der Waals surface area contributed by atoms with Gasteiger partial charge in [0.05, 0.1) is 14.3 Å². The van der Waals surface area contributed by atoms with Crippen molar-refractivity contribution in [1.82, 2.24) is 5.32 Å². The average Bonchev–Trinajstić information content (AvgIpc) is 2.62. The monoisotopic (exact) mass is 865 g/mol. The number of nitrogens with one attached hydrogen (secondary N) is 1. The van der Waals surface area contributed by atoms with Crippen molar-refractivity contribution in [2.75, 3.05) is 12.8 Å². The highest BCUT2D eigenvalue weighted by Gasteiger charge is 2.21. The van der Waals surface area contributed by atoms with Crippen LogP contribution in [0.15, 0.2) is 24.3 Å². The first-order valence-corrected chi connectivity index (χ1v) is 14.1. The van der Waals surface area contributed by atoms with Crippen molar-refractivity contribution in [2.24, 2.45) is 0 Å². The molecule has 0 aliphatic carbocycles. The van der Waals surface area contributed by atoms with Crippen LogP contribution in [-0.2, 0) is 16.0 Å². The summed E-state index contributed by atoms with van der Waals surface area (Å²) >= 11 is 8.39. The Morgan fingerprint density at radius 3 is 2.10 bits per heavy atom. The minimum Gasteiger partial charge on any atom is -0.506 e. The van der Waals surface area contributed by atoms with Crippen molar-refractivity contribution in [1.29, 1.82) is 0 Å². The first-order chi connectivity index (χ1) is 13.6. The van der Waals surface area contributed by atoms with Crippen LogP contribution in [0.5, 0.6) is 17.2 Å². The molecule has 0 radical (unpaired) electrons. The molecule has 2 aromatic carbocycles. The number of benzene rings is 2. The lowest BCUT2D eigenvalue weighted by Crippen LogP contribution is -2.43. The maximum absolute atomic E-state index is 11.8. The van der Waals surface area contributed by atoms with Gasteiger partial charge in [0.25, 0.3) is 0 Å². The van der Waals surface area contributed by atoms with E-state index in [1.54, 1.807) is 12.1 Å². The molecule has 1 unspecified atom stereocenters. The minimum atomic E-state index is -1.06. The summed E-state index contributed by atoms with van der Waals surface area (Å²) in [5, 5.41) is 22.0. The van der Waals surface area contributed by atoms with Crippen LogP contribution in [-0.4, -0.2) is 41.0 Å². The van der Waals surface area contributed by atoms with E-state index in [0.29, 0.717) is 33.4 Å². The topological polar surface area (TPSA) is 95.9 Å². The number of carbonyl (C=O) groups is 2. The molecule has 3 N–H and O–H groups in total. The molecule has 6 nitrogen and oxygen atoms in total. The Morgan fingerprint density at radius 2 is 1.62 bits per heavy atom. The van der Waals surface area contributed by atoms with Crippen LogP contribution in [0.4, 0.5) is 0 Å². The van der Waals surface area contributed by atoms with Crippen molar-refractivity contribution in [3.8, 4) is 17.2 Å². The van der Waals surface area contributed by atoms with Crippen molar-refractivity contribution < 1.29 is 24.5 Å². The van der Waals surface area contributed by atoms with Crippen LogP contribution in [0.1, 0.15) is 5.56 Å². The second-order valence-corrected chi connectivity index (χ2v) is 11.6. The van der Waals surface area contributed by atoms with Gasteiger partial charge < -0.3 is 20.3 Å². The molecule has 0 fully saturated rings. The number of ether oxygens (including phenoxy) is 1. The molecule has 0 saturated heterocycles. The SMILES string of the molecule is CPCC(=O)N[C@@H](Cc1cc(I)c(Oc2cc(I)c(O)c(I)c2)c(I)c1)C(=O)O. The largest absolute Gasteiger partial charge is 0.506 e. The summed E-state index contributed by atoms with van der Waals surface area (Å²) in [6, 6.07) is 6.25. The number of carboxylic acids is 1. The Bertz CT molecular complexity index is 894. The summed E-state index contributed by atoms with van der Waals surface area (Å²) in [6.45, 7) is 1.90. The first kappa shape index (κ1) is 25.6. The molecule has 0 bridgehead atoms. The number of amides is 1. The zero-order chi connectivity index (χ0) is 21.7. The molecular weight excluding hydrogens is 849 g/mol. The third-order valence-electron chi connectivity index (χ3n) is 3.68. The summed E-state index contributed by atoms with van der Waals surface area (Å²) in [4.78, 5) is 23.4. The number of rotatable bonds is 8. The second kappa shape index (κ2) is 11.8. The number of phenols is 1. The fourth-order valence-corrected chi connectivity index (χ4v) is 6.64. The van der Waals surface area contributed by atoms with Gasteiger partial charge in [-0.1, -0.05) is 0 Å². The van der Waals surface area contributed by atoms with Gasteiger partial charge in [-0.2, -0.15) is 0 Å². The van der Waals surface area contributed by atoms with Crippen molar-refractivity contribution in [3.63, 3.8) is 0 Å². The van der Waals surface area contributed by atoms with E-state index in [2.05, 4.69) is 50.5 Å². The Balaban J connectivity index is 2.24. The lowest BCUT2D eigenvalue weighted by atomic mass is 10.1. The van der Waals surface area contributed by atoms with Gasteiger partial charge in [-0.3, -0.25) is 4.79 Å². The predicted octanol–water partition coefficient (Wildman–Crippen LogP) is 5.02. The third kappa shape index (κ3) is 7.45. The quantitative estimate of drug-likeness (QED) is 0.256. The fourth-order valence-electron chi connectivity index (χ4n) is 2.39. The summed E-state index contributed by atoms with van der Waals surface area (Å²) in [5.41, 5.74) is 0.799. The third-order valence-corrected chi connectivity index (χ3v) is 7.60. The zero-order valence-corrected chi connectivity index (χ0v) is 24.6. The molecule has 0 spiro atoms. The molecule has 1 amide bonds. The number of aliphatic carboxylic acids is 1. The van der Waals surface area contributed by atoms with Gasteiger partial charge in [0.1, 0.15) is 17.5 Å². The molecule has 0 aliphatic rings. The Labute approximate surface area is 224 Å². The fraction of sp³-hybridized carbons (Fsp3) is 0.222. The minimum absolute atomic E-state index is 0.190. The van der Waals surface area contributed by atoms with E-state index in [-0.39, 0.29) is 18.1 Å². The highest BCUT2D eigenvalue weighted by molar-refractivity contribution is 14.1. The molecule has 0 aromatic heterocycles. The van der Waals surface area contributed by atoms with Gasteiger partial charge in [-0.25, -0.2) is 4.79 Å². The number of halogens is 4. The number of phenolic OH excluding ortho intramolecular Hbond substituents is 1. The van der Waals surface area contributed by atoms with E-state index >= 15 is 0 Å². The molecule has 11 heteroatoms. The van der Waals surface area contributed by atoms with Crippen LogP contribution in [0.25, 0.3) is 0 Å². The van der Waals surface area contributed by atoms with Crippen molar-refractivity contribution >= 4 is 111 Å². The van der Waals surface area contributed by atoms with Crippen molar-refractivity contribution in [2.45, 2.75) is 12.5 Å². The molecule has 0 aliphatic heterocycles. The number of carboxylic acid groups (broad SMARTS) is 1. The molecule has 2 aromatic rings. The van der Waals surface area contributed by atoms with E-state index in [0.717, 1.165) is 12.7 Å². The van der Waals surface area contributed by atoms with Gasteiger partial charge >= 0.3 is 5.97 Å². The van der Waals surface area contributed by atoms with Gasteiger partial charge in [0.2, 0.25) is 5.91 Å². The first-order valence-electron chi connectivity index (χ1n) is 8.13. The average molecular weight is 865 g/mol. The molecule has 29 heavy (non-hydrogen) atoms. The normalized spacial score (nSPS) is 12.2. The number of hydrogen-bond donors (Lipinski definition) is 3. The molecule has 2 rings (SSSR count). The van der Waals surface area contributed by atoms with E-state index in [9.17, 15) is 19.8 Å². The Kier molecular flexibility index (Phi) is 10.4. The second-order valence-electron chi connectivity index (χ2n) is 5.92. The van der Waals surface area contributed by atoms with E-state index < -0.39 is 12.0 Å². The van der Waals surface area contributed by atoms with Crippen molar-refractivity contribution in [3.05, 3.63) is 44.1 Å². The summed E-state index contributed by atoms with van der Waals surface area (Å²) < 4.78 is 9.08. The zero-order valence-electron chi connectivity index (χ0n) is 14.9. The molecule has 156 valence electrons. The highest BCUT2D eigenvalue weighted by Crippen LogP contribution is 2.37. The lowest BCUT2D eigenvalue weighted by molar-refractivity contribution is -0.141. The van der Waals surface area contributed by atoms with Gasteiger partial charge in [0.15, 0.2) is 5.75 Å². The number of hydrogen-bond acceptors (Lipinski definition) is 4. The number of carbonyl (C=O) groups excluding carboxylic acids is 1. The van der Waals surface area contributed by atoms with Crippen LogP contribution >= 0.6 is 98.9 Å². The predicted molar refractivity (Wildman–Crippen MR) is 148 cm³/mol. The van der Waals surface area contributed by atoms with Crippen LogP contribution < -0.4 is 10.1 Å². The molecular formula is C18H16I4NO5P. The standard InChI is InChI=1S/C18H16I4NO5P/c1-29-7-15(24)23-14(18(26)27)4-8-2-12(21)17(13(22)3-8)28-9-5-10(19)16(25)11(20)6-9/h2-3,5-6,14,25,29H,4,7H2,1H3,(H,23,24)(H,26,27)/t14-/m0/s1. The van der Waals surface area contributed by atoms with E-state index in [1.165, 1.54) is 0 Å². The van der Waals surface area contributed by atoms with Crippen LogP contribution in [0.3, 0.4) is 0 Å². The maximum Gasteiger partial charge on any atom is 0.326 e.